The van der Waals surface area contributed by atoms with Crippen LogP contribution in [0.25, 0.3) is 12.2 Å². The van der Waals surface area contributed by atoms with Crippen LogP contribution in [0, 0.1) is 0 Å². The van der Waals surface area contributed by atoms with Gasteiger partial charge in [0, 0.05) is 11.6 Å². The molecule has 5 nitrogen and oxygen atoms in total. The topological polar surface area (TPSA) is 61.8 Å². The summed E-state index contributed by atoms with van der Waals surface area (Å²) in [4.78, 5) is 24.9. The van der Waals surface area contributed by atoms with Crippen molar-refractivity contribution in [1.82, 2.24) is 0 Å². The molecule has 0 aliphatic heterocycles. The monoisotopic (exact) mass is 582 g/mol. The molecule has 0 saturated carbocycles. The van der Waals surface area contributed by atoms with E-state index in [-0.39, 0.29) is 5.78 Å². The van der Waals surface area contributed by atoms with Crippen molar-refractivity contribution in [3.8, 4) is 17.2 Å². The fourth-order valence-corrected chi connectivity index (χ4v) is 4.41. The number of rotatable bonds is 20. The third-order valence-corrected chi connectivity index (χ3v) is 6.99. The van der Waals surface area contributed by atoms with Crippen LogP contribution in [-0.4, -0.2) is 25.0 Å². The predicted molar refractivity (Wildman–Crippen MR) is 176 cm³/mol. The third-order valence-electron chi connectivity index (χ3n) is 6.99. The molecular weight excluding hydrogens is 536 g/mol. The molecule has 228 valence electrons. The number of ether oxygens (including phenoxy) is 3. The summed E-state index contributed by atoms with van der Waals surface area (Å²) in [7, 11) is 0. The highest BCUT2D eigenvalue weighted by Crippen LogP contribution is 2.18. The second-order valence-electron chi connectivity index (χ2n) is 10.6. The average Bonchev–Trinajstić information content (AvgIpc) is 3.03. The normalized spacial score (nSPS) is 11.2. The Bertz CT molecular complexity index is 1270. The Labute approximate surface area is 257 Å². The summed E-state index contributed by atoms with van der Waals surface area (Å²) in [5, 5.41) is 0. The molecule has 0 atom stereocenters. The molecule has 43 heavy (non-hydrogen) atoms. The van der Waals surface area contributed by atoms with Crippen molar-refractivity contribution in [2.75, 3.05) is 13.2 Å². The van der Waals surface area contributed by atoms with E-state index in [4.69, 9.17) is 14.2 Å². The maximum atomic E-state index is 12.6. The molecule has 0 fully saturated rings. The lowest BCUT2D eigenvalue weighted by Gasteiger charge is -2.06. The van der Waals surface area contributed by atoms with Crippen molar-refractivity contribution in [3.05, 3.63) is 102 Å². The first kappa shape index (κ1) is 33.4. The molecule has 5 heteroatoms. The Hall–Kier alpha value is -4.12. The summed E-state index contributed by atoms with van der Waals surface area (Å²) in [6.07, 6.45) is 18.5. The van der Waals surface area contributed by atoms with Gasteiger partial charge in [-0.1, -0.05) is 95.6 Å². The fraction of sp³-hybridized carbons (Fsp3) is 0.368. The standard InChI is InChI=1S/C38H46O5/c1-3-5-7-9-11-29-41-34-21-13-31(14-22-34)17-27-37(39)33-19-25-36(26-20-33)43-38(40)28-18-32-15-23-35(24-16-32)42-30-12-10-8-6-4-2/h13-28H,3-12,29-30H2,1-2H3/b27-17+,28-18+. The van der Waals surface area contributed by atoms with E-state index < -0.39 is 5.97 Å². The minimum Gasteiger partial charge on any atom is -0.494 e. The van der Waals surface area contributed by atoms with Crippen molar-refractivity contribution < 1.29 is 23.8 Å². The molecule has 0 unspecified atom stereocenters. The number of hydrogen-bond acceptors (Lipinski definition) is 5. The SMILES string of the molecule is CCCCCCCOc1ccc(/C=C/C(=O)Oc2ccc(C(=O)/C=C/c3ccc(OCCCCCCC)cc3)cc2)cc1. The molecule has 0 amide bonds. The smallest absolute Gasteiger partial charge is 0.336 e. The number of unbranched alkanes of at least 4 members (excludes halogenated alkanes) is 8. The predicted octanol–water partition coefficient (Wildman–Crippen LogP) is 9.90. The Morgan fingerprint density at radius 3 is 1.47 bits per heavy atom. The maximum Gasteiger partial charge on any atom is 0.336 e. The van der Waals surface area contributed by atoms with Gasteiger partial charge in [0.2, 0.25) is 0 Å². The number of esters is 1. The van der Waals surface area contributed by atoms with Gasteiger partial charge in [0.1, 0.15) is 17.2 Å². The maximum absolute atomic E-state index is 12.6. The molecule has 0 aromatic heterocycles. The molecule has 3 aromatic carbocycles. The van der Waals surface area contributed by atoms with Gasteiger partial charge in [-0.05, 0) is 84.7 Å². The van der Waals surface area contributed by atoms with Crippen molar-refractivity contribution in [1.29, 1.82) is 0 Å². The molecular formula is C38H46O5. The van der Waals surface area contributed by atoms with Crippen LogP contribution in [0.1, 0.15) is 99.5 Å². The van der Waals surface area contributed by atoms with E-state index >= 15 is 0 Å². The average molecular weight is 583 g/mol. The van der Waals surface area contributed by atoms with Crippen molar-refractivity contribution in [2.45, 2.75) is 78.1 Å². The summed E-state index contributed by atoms with van der Waals surface area (Å²) in [5.74, 6) is 1.42. The van der Waals surface area contributed by atoms with E-state index in [2.05, 4.69) is 13.8 Å². The van der Waals surface area contributed by atoms with E-state index in [9.17, 15) is 9.59 Å². The Morgan fingerprint density at radius 1 is 0.535 bits per heavy atom. The first-order valence-corrected chi connectivity index (χ1v) is 15.8. The number of benzene rings is 3. The lowest BCUT2D eigenvalue weighted by Crippen LogP contribution is -2.04. The zero-order valence-corrected chi connectivity index (χ0v) is 25.8. The molecule has 0 spiro atoms. The Morgan fingerprint density at radius 2 is 0.977 bits per heavy atom. The zero-order valence-electron chi connectivity index (χ0n) is 25.8. The second kappa shape index (κ2) is 19.9. The third kappa shape index (κ3) is 13.6. The van der Waals surface area contributed by atoms with Crippen LogP contribution < -0.4 is 14.2 Å². The molecule has 0 heterocycles. The van der Waals surface area contributed by atoms with Crippen LogP contribution in [0.3, 0.4) is 0 Å². The van der Waals surface area contributed by atoms with Gasteiger partial charge < -0.3 is 14.2 Å². The van der Waals surface area contributed by atoms with Crippen LogP contribution in [0.5, 0.6) is 17.2 Å². The van der Waals surface area contributed by atoms with Crippen LogP contribution in [0.4, 0.5) is 0 Å². The summed E-state index contributed by atoms with van der Waals surface area (Å²) < 4.78 is 17.0. The van der Waals surface area contributed by atoms with Gasteiger partial charge in [-0.25, -0.2) is 4.79 Å². The number of ketones is 1. The van der Waals surface area contributed by atoms with E-state index in [1.165, 1.54) is 63.5 Å². The van der Waals surface area contributed by atoms with E-state index in [0.717, 1.165) is 48.7 Å². The van der Waals surface area contributed by atoms with Crippen molar-refractivity contribution in [2.24, 2.45) is 0 Å². The largest absolute Gasteiger partial charge is 0.494 e. The van der Waals surface area contributed by atoms with Crippen LogP contribution in [0.15, 0.2) is 84.9 Å². The first-order chi connectivity index (χ1) is 21.1. The zero-order chi connectivity index (χ0) is 30.5. The van der Waals surface area contributed by atoms with Gasteiger partial charge in [0.15, 0.2) is 5.78 Å². The highest BCUT2D eigenvalue weighted by molar-refractivity contribution is 6.06. The van der Waals surface area contributed by atoms with Crippen molar-refractivity contribution in [3.63, 3.8) is 0 Å². The number of carbonyl (C=O) groups excluding carboxylic acids is 2. The van der Waals surface area contributed by atoms with E-state index in [1.54, 1.807) is 36.4 Å². The molecule has 0 aliphatic rings. The van der Waals surface area contributed by atoms with Gasteiger partial charge in [-0.15, -0.1) is 0 Å². The second-order valence-corrected chi connectivity index (χ2v) is 10.6. The highest BCUT2D eigenvalue weighted by Gasteiger charge is 2.05. The Balaban J connectivity index is 1.39. The molecule has 0 radical (unpaired) electrons. The Kier molecular flexibility index (Phi) is 15.5. The van der Waals surface area contributed by atoms with E-state index in [1.807, 2.05) is 48.5 Å². The highest BCUT2D eigenvalue weighted by atomic mass is 16.5. The van der Waals surface area contributed by atoms with Gasteiger partial charge in [0.25, 0.3) is 0 Å². The lowest BCUT2D eigenvalue weighted by atomic mass is 10.1. The van der Waals surface area contributed by atoms with Crippen LogP contribution in [0.2, 0.25) is 0 Å². The lowest BCUT2D eigenvalue weighted by molar-refractivity contribution is -0.128. The number of allylic oxidation sites excluding steroid dienone is 1. The van der Waals surface area contributed by atoms with Gasteiger partial charge in [0.05, 0.1) is 13.2 Å². The number of carbonyl (C=O) groups is 2. The summed E-state index contributed by atoms with van der Waals surface area (Å²) >= 11 is 0. The minimum atomic E-state index is -0.490. The molecule has 0 N–H and O–H groups in total. The molecule has 3 aromatic rings. The van der Waals surface area contributed by atoms with Crippen molar-refractivity contribution >= 4 is 23.9 Å². The summed E-state index contributed by atoms with van der Waals surface area (Å²) in [6, 6.07) is 21.9. The molecule has 3 rings (SSSR count). The summed E-state index contributed by atoms with van der Waals surface area (Å²) in [6.45, 7) is 5.86. The van der Waals surface area contributed by atoms with Gasteiger partial charge >= 0.3 is 5.97 Å². The molecule has 0 aliphatic carbocycles. The first-order valence-electron chi connectivity index (χ1n) is 15.8. The van der Waals surface area contributed by atoms with Gasteiger partial charge in [-0.3, -0.25) is 4.79 Å². The number of hydrogen-bond donors (Lipinski definition) is 0. The molecule has 0 bridgehead atoms. The minimum absolute atomic E-state index is 0.130. The molecule has 0 saturated heterocycles. The van der Waals surface area contributed by atoms with Gasteiger partial charge in [-0.2, -0.15) is 0 Å². The van der Waals surface area contributed by atoms with E-state index in [0.29, 0.717) is 11.3 Å². The van der Waals surface area contributed by atoms with Crippen LogP contribution >= 0.6 is 0 Å². The quantitative estimate of drug-likeness (QED) is 0.0436. The van der Waals surface area contributed by atoms with Crippen LogP contribution in [-0.2, 0) is 4.79 Å². The fourth-order valence-electron chi connectivity index (χ4n) is 4.41. The summed E-state index contributed by atoms with van der Waals surface area (Å²) in [5.41, 5.74) is 2.30.